The molecule has 5 heteroatoms. The minimum Gasteiger partial charge on any atom is -0.458 e. The SMILES string of the molecule is CC(=O)OCC(=O)[C@H]1CC[C@H]2[C@@H]3C[C@H](F)C4=CC(=O)CC[C@]4(C)[C@H]3CC[C@]12C. The van der Waals surface area contributed by atoms with E-state index >= 15 is 4.39 Å². The first-order valence-electron chi connectivity index (χ1n) is 10.7. The Labute approximate surface area is 166 Å². The van der Waals surface area contributed by atoms with Crippen molar-refractivity contribution < 1.29 is 23.5 Å². The lowest BCUT2D eigenvalue weighted by Crippen LogP contribution is -2.53. The Morgan fingerprint density at radius 1 is 1.18 bits per heavy atom. The second-order valence-corrected chi connectivity index (χ2v) is 9.98. The molecular formula is C23H31FO4. The summed E-state index contributed by atoms with van der Waals surface area (Å²) in [7, 11) is 0. The molecule has 0 radical (unpaired) electrons. The molecule has 3 fully saturated rings. The molecular weight excluding hydrogens is 359 g/mol. The molecule has 4 aliphatic rings. The molecule has 0 amide bonds. The van der Waals surface area contributed by atoms with Crippen molar-refractivity contribution in [3.05, 3.63) is 11.6 Å². The van der Waals surface area contributed by atoms with Crippen molar-refractivity contribution in [2.24, 2.45) is 34.5 Å². The van der Waals surface area contributed by atoms with E-state index in [-0.39, 0.29) is 40.8 Å². The first-order chi connectivity index (χ1) is 13.2. The number of alkyl halides is 1. The van der Waals surface area contributed by atoms with E-state index in [0.29, 0.717) is 24.7 Å². The fraction of sp³-hybridized carbons (Fsp3) is 0.783. The van der Waals surface area contributed by atoms with Gasteiger partial charge in [0.15, 0.2) is 11.6 Å². The summed E-state index contributed by atoms with van der Waals surface area (Å²) >= 11 is 0. The molecule has 4 aliphatic carbocycles. The van der Waals surface area contributed by atoms with Crippen LogP contribution in [-0.4, -0.2) is 30.3 Å². The predicted molar refractivity (Wildman–Crippen MR) is 102 cm³/mol. The Kier molecular flexibility index (Phi) is 4.79. The monoisotopic (exact) mass is 390 g/mol. The van der Waals surface area contributed by atoms with Gasteiger partial charge >= 0.3 is 5.97 Å². The molecule has 0 aromatic rings. The molecule has 4 nitrogen and oxygen atoms in total. The maximum atomic E-state index is 15.2. The molecule has 154 valence electrons. The summed E-state index contributed by atoms with van der Waals surface area (Å²) in [5, 5.41) is 0. The number of carbonyl (C=O) groups excluding carboxylic acids is 3. The lowest BCUT2D eigenvalue weighted by atomic mass is 9.46. The highest BCUT2D eigenvalue weighted by Gasteiger charge is 2.61. The van der Waals surface area contributed by atoms with E-state index in [1.807, 2.05) is 0 Å². The summed E-state index contributed by atoms with van der Waals surface area (Å²) in [6, 6.07) is 0. The van der Waals surface area contributed by atoms with E-state index in [9.17, 15) is 14.4 Å². The number of esters is 1. The number of rotatable bonds is 3. The van der Waals surface area contributed by atoms with E-state index in [0.717, 1.165) is 37.7 Å². The number of hydrogen-bond acceptors (Lipinski definition) is 4. The fourth-order valence-corrected chi connectivity index (χ4v) is 7.36. The van der Waals surface area contributed by atoms with Crippen LogP contribution in [0.25, 0.3) is 0 Å². The van der Waals surface area contributed by atoms with Gasteiger partial charge in [-0.2, -0.15) is 0 Å². The first kappa shape index (κ1) is 19.8. The topological polar surface area (TPSA) is 60.4 Å². The van der Waals surface area contributed by atoms with Crippen LogP contribution in [-0.2, 0) is 19.1 Å². The Hall–Kier alpha value is -1.52. The van der Waals surface area contributed by atoms with Crippen molar-refractivity contribution in [1.82, 2.24) is 0 Å². The van der Waals surface area contributed by atoms with Crippen LogP contribution >= 0.6 is 0 Å². The van der Waals surface area contributed by atoms with Gasteiger partial charge < -0.3 is 4.74 Å². The van der Waals surface area contributed by atoms with Crippen LogP contribution in [0.5, 0.6) is 0 Å². The number of ketones is 2. The van der Waals surface area contributed by atoms with Gasteiger partial charge in [0.1, 0.15) is 12.8 Å². The van der Waals surface area contributed by atoms with Crippen molar-refractivity contribution in [3.63, 3.8) is 0 Å². The smallest absolute Gasteiger partial charge is 0.303 e. The second-order valence-electron chi connectivity index (χ2n) is 9.98. The van der Waals surface area contributed by atoms with Crippen LogP contribution in [0.4, 0.5) is 4.39 Å². The van der Waals surface area contributed by atoms with E-state index in [2.05, 4.69) is 13.8 Å². The number of fused-ring (bicyclic) bond motifs is 5. The largest absolute Gasteiger partial charge is 0.458 e. The molecule has 28 heavy (non-hydrogen) atoms. The van der Waals surface area contributed by atoms with Crippen molar-refractivity contribution in [3.8, 4) is 0 Å². The molecule has 0 heterocycles. The number of hydrogen-bond donors (Lipinski definition) is 0. The minimum absolute atomic E-state index is 0.0151. The Bertz CT molecular complexity index is 743. The van der Waals surface area contributed by atoms with Crippen molar-refractivity contribution in [2.45, 2.75) is 71.9 Å². The van der Waals surface area contributed by atoms with Crippen LogP contribution in [0, 0.1) is 34.5 Å². The zero-order valence-electron chi connectivity index (χ0n) is 17.1. The highest BCUT2D eigenvalue weighted by molar-refractivity contribution is 5.92. The highest BCUT2D eigenvalue weighted by atomic mass is 19.1. The number of ether oxygens (including phenoxy) is 1. The summed E-state index contributed by atoms with van der Waals surface area (Å²) in [6.45, 7) is 5.54. The lowest BCUT2D eigenvalue weighted by molar-refractivity contribution is -0.149. The van der Waals surface area contributed by atoms with Gasteiger partial charge in [-0.25, -0.2) is 4.39 Å². The van der Waals surface area contributed by atoms with Gasteiger partial charge in [-0.1, -0.05) is 13.8 Å². The van der Waals surface area contributed by atoms with E-state index < -0.39 is 12.1 Å². The van der Waals surface area contributed by atoms with Crippen LogP contribution in [0.3, 0.4) is 0 Å². The van der Waals surface area contributed by atoms with Gasteiger partial charge in [-0.3, -0.25) is 14.4 Å². The molecule has 0 N–H and O–H groups in total. The highest BCUT2D eigenvalue weighted by Crippen LogP contribution is 2.67. The number of Topliss-reactive ketones (excluding diaryl/α,β-unsaturated/α-hetero) is 1. The zero-order chi connectivity index (χ0) is 20.3. The number of halogens is 1. The molecule has 0 aromatic heterocycles. The minimum atomic E-state index is -1.05. The summed E-state index contributed by atoms with van der Waals surface area (Å²) in [6.07, 6.45) is 5.96. The lowest BCUT2D eigenvalue weighted by Gasteiger charge is -2.58. The summed E-state index contributed by atoms with van der Waals surface area (Å²) in [5.74, 6) is 0.520. The number of allylic oxidation sites excluding steroid dienone is 1. The van der Waals surface area contributed by atoms with Gasteiger partial charge in [-0.05, 0) is 78.8 Å². The maximum Gasteiger partial charge on any atom is 0.303 e. The van der Waals surface area contributed by atoms with Gasteiger partial charge in [0.25, 0.3) is 0 Å². The Morgan fingerprint density at radius 3 is 2.64 bits per heavy atom. The molecule has 7 atom stereocenters. The first-order valence-corrected chi connectivity index (χ1v) is 10.7. The molecule has 3 saturated carbocycles. The molecule has 0 saturated heterocycles. The van der Waals surface area contributed by atoms with E-state index in [4.69, 9.17) is 4.74 Å². The fourth-order valence-electron chi connectivity index (χ4n) is 7.36. The van der Waals surface area contributed by atoms with Crippen LogP contribution < -0.4 is 0 Å². The molecule has 0 unspecified atom stereocenters. The van der Waals surface area contributed by atoms with Crippen LogP contribution in [0.1, 0.15) is 65.7 Å². The van der Waals surface area contributed by atoms with Crippen molar-refractivity contribution >= 4 is 17.5 Å². The van der Waals surface area contributed by atoms with Gasteiger partial charge in [-0.15, -0.1) is 0 Å². The molecule has 0 aromatic carbocycles. The third kappa shape index (κ3) is 2.88. The quantitative estimate of drug-likeness (QED) is 0.677. The summed E-state index contributed by atoms with van der Waals surface area (Å²) < 4.78 is 20.2. The van der Waals surface area contributed by atoms with E-state index in [1.54, 1.807) is 6.08 Å². The van der Waals surface area contributed by atoms with Crippen LogP contribution in [0.2, 0.25) is 0 Å². The second kappa shape index (κ2) is 6.77. The third-order valence-corrected chi connectivity index (χ3v) is 8.75. The van der Waals surface area contributed by atoms with Crippen LogP contribution in [0.15, 0.2) is 11.6 Å². The molecule has 0 aliphatic heterocycles. The molecule has 0 bridgehead atoms. The Balaban J connectivity index is 1.59. The standard InChI is InChI=1S/C23H31FO4/c1-13(25)28-12-21(27)18-5-4-16-15-11-20(24)19-10-14(26)6-8-23(19,3)17(15)7-9-22(16,18)2/h10,15-18,20H,4-9,11-12H2,1-3H3/t15-,16-,17-,18+,20-,22-,23+/m0/s1. The van der Waals surface area contributed by atoms with Crippen molar-refractivity contribution in [2.75, 3.05) is 6.61 Å². The average Bonchev–Trinajstić information content (AvgIpc) is 2.99. The summed E-state index contributed by atoms with van der Waals surface area (Å²) in [4.78, 5) is 35.8. The maximum absolute atomic E-state index is 15.2. The van der Waals surface area contributed by atoms with Crippen molar-refractivity contribution in [1.29, 1.82) is 0 Å². The predicted octanol–water partition coefficient (Wildman–Crippen LogP) is 4.21. The molecule has 0 spiro atoms. The number of carbonyl (C=O) groups is 3. The Morgan fingerprint density at radius 2 is 1.93 bits per heavy atom. The van der Waals surface area contributed by atoms with Gasteiger partial charge in [0.05, 0.1) is 0 Å². The summed E-state index contributed by atoms with van der Waals surface area (Å²) in [5.41, 5.74) is 0.367. The zero-order valence-corrected chi connectivity index (χ0v) is 17.1. The average molecular weight is 390 g/mol. The normalized spacial score (nSPS) is 44.8. The van der Waals surface area contributed by atoms with Gasteiger partial charge in [0, 0.05) is 19.3 Å². The van der Waals surface area contributed by atoms with Gasteiger partial charge in [0.2, 0.25) is 0 Å². The third-order valence-electron chi connectivity index (χ3n) is 8.75. The van der Waals surface area contributed by atoms with E-state index in [1.165, 1.54) is 6.92 Å². The molecule has 4 rings (SSSR count).